The van der Waals surface area contributed by atoms with Crippen molar-refractivity contribution >= 4 is 17.9 Å². The Hall–Kier alpha value is -2.11. The van der Waals surface area contributed by atoms with E-state index in [0.29, 0.717) is 19.3 Å². The third-order valence-electron chi connectivity index (χ3n) is 12.4. The molecule has 0 aromatic rings. The molecule has 0 aliphatic heterocycles. The van der Waals surface area contributed by atoms with Gasteiger partial charge in [0.15, 0.2) is 6.10 Å². The zero-order valence-corrected chi connectivity index (χ0v) is 42.4. The molecule has 0 unspecified atom stereocenters. The molecule has 0 aliphatic carbocycles. The van der Waals surface area contributed by atoms with Crippen molar-refractivity contribution < 1.29 is 28.6 Å². The van der Waals surface area contributed by atoms with Gasteiger partial charge in [-0.1, -0.05) is 238 Å². The number of hydrogen-bond donors (Lipinski definition) is 0. The highest BCUT2D eigenvalue weighted by Crippen LogP contribution is 2.16. The van der Waals surface area contributed by atoms with E-state index in [0.717, 1.165) is 64.2 Å². The van der Waals surface area contributed by atoms with E-state index in [2.05, 4.69) is 45.1 Å². The monoisotopic (exact) mass is 887 g/mol. The molecule has 6 heteroatoms. The van der Waals surface area contributed by atoms with E-state index in [-0.39, 0.29) is 31.1 Å². The van der Waals surface area contributed by atoms with Crippen molar-refractivity contribution in [3.05, 3.63) is 24.3 Å². The summed E-state index contributed by atoms with van der Waals surface area (Å²) in [4.78, 5) is 38.1. The van der Waals surface area contributed by atoms with Crippen molar-refractivity contribution in [1.29, 1.82) is 0 Å². The van der Waals surface area contributed by atoms with E-state index in [1.165, 1.54) is 199 Å². The Balaban J connectivity index is 4.35. The third-order valence-corrected chi connectivity index (χ3v) is 12.4. The molecule has 370 valence electrons. The number of carbonyl (C=O) groups is 3. The molecule has 1 atom stereocenters. The second-order valence-electron chi connectivity index (χ2n) is 18.8. The van der Waals surface area contributed by atoms with Crippen LogP contribution in [0.1, 0.15) is 303 Å². The molecule has 0 aromatic heterocycles. The minimum atomic E-state index is -0.772. The SMILES string of the molecule is CCCCCC/C=C\CCCCCCCCCC(=O)OC[C@@H](COC(=O)CCCCCCC/C=C\CCCCCCCC)OC(=O)CCCCCCCCCCCCCCCCC. The zero-order chi connectivity index (χ0) is 45.8. The van der Waals surface area contributed by atoms with Crippen molar-refractivity contribution in [2.45, 2.75) is 309 Å². The number of allylic oxidation sites excluding steroid dienone is 4. The van der Waals surface area contributed by atoms with Gasteiger partial charge in [0.1, 0.15) is 13.2 Å². The average Bonchev–Trinajstić information content (AvgIpc) is 3.28. The summed E-state index contributed by atoms with van der Waals surface area (Å²) in [5, 5.41) is 0. The van der Waals surface area contributed by atoms with Crippen LogP contribution in [-0.4, -0.2) is 37.2 Å². The first-order valence-electron chi connectivity index (χ1n) is 27.8. The summed E-state index contributed by atoms with van der Waals surface area (Å²) in [6.45, 7) is 6.65. The Morgan fingerprint density at radius 2 is 0.524 bits per heavy atom. The van der Waals surface area contributed by atoms with Crippen LogP contribution in [0.5, 0.6) is 0 Å². The van der Waals surface area contributed by atoms with E-state index in [4.69, 9.17) is 14.2 Å². The quantitative estimate of drug-likeness (QED) is 0.0262. The first kappa shape index (κ1) is 60.9. The van der Waals surface area contributed by atoms with Crippen LogP contribution in [0.15, 0.2) is 24.3 Å². The van der Waals surface area contributed by atoms with Gasteiger partial charge in [0.25, 0.3) is 0 Å². The lowest BCUT2D eigenvalue weighted by molar-refractivity contribution is -0.167. The number of esters is 3. The molecule has 0 heterocycles. The molecule has 0 radical (unpaired) electrons. The van der Waals surface area contributed by atoms with Gasteiger partial charge in [-0.05, 0) is 70.6 Å². The van der Waals surface area contributed by atoms with Gasteiger partial charge in [0.05, 0.1) is 0 Å². The highest BCUT2D eigenvalue weighted by Gasteiger charge is 2.19. The molecule has 0 amide bonds. The molecule has 0 bridgehead atoms. The Kier molecular flexibility index (Phi) is 50.8. The van der Waals surface area contributed by atoms with Gasteiger partial charge in [-0.25, -0.2) is 0 Å². The summed E-state index contributed by atoms with van der Waals surface area (Å²) in [5.74, 6) is -0.867. The molecule has 0 spiro atoms. The van der Waals surface area contributed by atoms with Crippen LogP contribution in [-0.2, 0) is 28.6 Å². The van der Waals surface area contributed by atoms with Gasteiger partial charge < -0.3 is 14.2 Å². The van der Waals surface area contributed by atoms with Gasteiger partial charge in [-0.3, -0.25) is 14.4 Å². The van der Waals surface area contributed by atoms with Crippen LogP contribution in [0.2, 0.25) is 0 Å². The van der Waals surface area contributed by atoms with Crippen LogP contribution in [0.3, 0.4) is 0 Å². The van der Waals surface area contributed by atoms with Crippen molar-refractivity contribution in [2.75, 3.05) is 13.2 Å². The zero-order valence-electron chi connectivity index (χ0n) is 42.4. The smallest absolute Gasteiger partial charge is 0.306 e. The molecule has 0 aliphatic rings. The fraction of sp³-hybridized carbons (Fsp3) is 0.877. The maximum atomic E-state index is 12.8. The number of ether oxygens (including phenoxy) is 3. The number of rotatable bonds is 51. The fourth-order valence-electron chi connectivity index (χ4n) is 8.20. The maximum absolute atomic E-state index is 12.8. The molecule has 6 nitrogen and oxygen atoms in total. The molecule has 63 heavy (non-hydrogen) atoms. The summed E-state index contributed by atoms with van der Waals surface area (Å²) >= 11 is 0. The third kappa shape index (κ3) is 50.7. The lowest BCUT2D eigenvalue weighted by Gasteiger charge is -2.18. The molecular formula is C57H106O6. The Bertz CT molecular complexity index is 1020. The highest BCUT2D eigenvalue weighted by atomic mass is 16.6. The van der Waals surface area contributed by atoms with Crippen LogP contribution >= 0.6 is 0 Å². The van der Waals surface area contributed by atoms with Crippen LogP contribution in [0.4, 0.5) is 0 Å². The van der Waals surface area contributed by atoms with E-state index in [1.807, 2.05) is 0 Å². The Labute approximate surface area is 392 Å². The number of unbranched alkanes of at least 4 members (excludes halogenated alkanes) is 36. The average molecular weight is 887 g/mol. The first-order valence-corrected chi connectivity index (χ1v) is 27.8. The molecule has 0 fully saturated rings. The normalized spacial score (nSPS) is 12.1. The highest BCUT2D eigenvalue weighted by molar-refractivity contribution is 5.71. The molecule has 0 saturated carbocycles. The molecule has 0 rings (SSSR count). The van der Waals surface area contributed by atoms with E-state index < -0.39 is 6.10 Å². The molecule has 0 N–H and O–H groups in total. The summed E-state index contributed by atoms with van der Waals surface area (Å²) in [6.07, 6.45) is 60.1. The summed E-state index contributed by atoms with van der Waals surface area (Å²) in [5.41, 5.74) is 0. The largest absolute Gasteiger partial charge is 0.462 e. The van der Waals surface area contributed by atoms with Crippen molar-refractivity contribution in [1.82, 2.24) is 0 Å². The lowest BCUT2D eigenvalue weighted by atomic mass is 10.0. The minimum absolute atomic E-state index is 0.0721. The van der Waals surface area contributed by atoms with Crippen LogP contribution in [0.25, 0.3) is 0 Å². The predicted octanol–water partition coefficient (Wildman–Crippen LogP) is 18.3. The fourth-order valence-corrected chi connectivity index (χ4v) is 8.20. The number of carbonyl (C=O) groups excluding carboxylic acids is 3. The summed E-state index contributed by atoms with van der Waals surface area (Å²) in [6, 6.07) is 0. The van der Waals surface area contributed by atoms with Gasteiger partial charge >= 0.3 is 17.9 Å². The lowest BCUT2D eigenvalue weighted by Crippen LogP contribution is -2.30. The molecular weight excluding hydrogens is 781 g/mol. The van der Waals surface area contributed by atoms with E-state index >= 15 is 0 Å². The van der Waals surface area contributed by atoms with E-state index in [9.17, 15) is 14.4 Å². The Morgan fingerprint density at radius 1 is 0.302 bits per heavy atom. The number of hydrogen-bond acceptors (Lipinski definition) is 6. The maximum Gasteiger partial charge on any atom is 0.306 e. The van der Waals surface area contributed by atoms with Gasteiger partial charge in [0, 0.05) is 19.3 Å². The first-order chi connectivity index (χ1) is 31.0. The van der Waals surface area contributed by atoms with Crippen LogP contribution in [0, 0.1) is 0 Å². The second-order valence-corrected chi connectivity index (χ2v) is 18.8. The predicted molar refractivity (Wildman–Crippen MR) is 270 cm³/mol. The van der Waals surface area contributed by atoms with Crippen molar-refractivity contribution in [3.63, 3.8) is 0 Å². The molecule has 0 aromatic carbocycles. The van der Waals surface area contributed by atoms with Gasteiger partial charge in [-0.15, -0.1) is 0 Å². The summed E-state index contributed by atoms with van der Waals surface area (Å²) < 4.78 is 16.8. The topological polar surface area (TPSA) is 78.9 Å². The Morgan fingerprint density at radius 3 is 0.810 bits per heavy atom. The van der Waals surface area contributed by atoms with Crippen molar-refractivity contribution in [3.8, 4) is 0 Å². The molecule has 0 saturated heterocycles. The van der Waals surface area contributed by atoms with Gasteiger partial charge in [-0.2, -0.15) is 0 Å². The summed E-state index contributed by atoms with van der Waals surface area (Å²) in [7, 11) is 0. The second kappa shape index (κ2) is 52.5. The van der Waals surface area contributed by atoms with Crippen LogP contribution < -0.4 is 0 Å². The van der Waals surface area contributed by atoms with Gasteiger partial charge in [0.2, 0.25) is 0 Å². The van der Waals surface area contributed by atoms with Crippen molar-refractivity contribution in [2.24, 2.45) is 0 Å². The standard InChI is InChI=1S/C57H106O6/c1-4-7-10-13-16-19-22-25-28-31-34-37-40-43-46-49-55(58)61-52-54(63-57(60)51-48-45-42-39-36-33-30-27-24-21-18-15-12-9-6-3)53-62-56(59)50-47-44-41-38-35-32-29-26-23-20-17-14-11-8-5-2/h19,22,26,29,54H,4-18,20-21,23-25,27-28,30-53H2,1-3H3/b22-19-,29-26-/t54-/m0/s1. The van der Waals surface area contributed by atoms with E-state index in [1.54, 1.807) is 0 Å². The minimum Gasteiger partial charge on any atom is -0.462 e.